The molecule has 0 atom stereocenters. The zero-order valence-corrected chi connectivity index (χ0v) is 13.0. The summed E-state index contributed by atoms with van der Waals surface area (Å²) in [5, 5.41) is 2.54. The molecular weight excluding hydrogens is 274 g/mol. The minimum absolute atomic E-state index is 0.0149. The number of rotatable bonds is 6. The Hall–Kier alpha value is -2.11. The van der Waals surface area contributed by atoms with Gasteiger partial charge in [0.05, 0.1) is 12.2 Å². The van der Waals surface area contributed by atoms with Crippen molar-refractivity contribution in [2.24, 2.45) is 5.92 Å². The van der Waals surface area contributed by atoms with E-state index in [-0.39, 0.29) is 53.4 Å². The number of nitrogens with one attached hydrogen (secondary N) is 1. The molecule has 6 nitrogen and oxygen atoms in total. The van der Waals surface area contributed by atoms with Crippen LogP contribution < -0.4 is 5.32 Å². The third kappa shape index (κ3) is 4.18. The molecule has 6 heteroatoms. The van der Waals surface area contributed by atoms with Crippen LogP contribution in [0.3, 0.4) is 0 Å². The molecule has 0 aromatic carbocycles. The van der Waals surface area contributed by atoms with Gasteiger partial charge in [0.2, 0.25) is 11.8 Å². The van der Waals surface area contributed by atoms with Crippen molar-refractivity contribution in [1.82, 2.24) is 0 Å². The van der Waals surface area contributed by atoms with E-state index in [4.69, 9.17) is 9.15 Å². The molecule has 0 bridgehead atoms. The van der Waals surface area contributed by atoms with Gasteiger partial charge in [0.1, 0.15) is 11.3 Å². The van der Waals surface area contributed by atoms with E-state index in [1.54, 1.807) is 13.8 Å². The van der Waals surface area contributed by atoms with Gasteiger partial charge in [-0.2, -0.15) is 0 Å². The second kappa shape index (κ2) is 7.06. The van der Waals surface area contributed by atoms with Gasteiger partial charge < -0.3 is 9.15 Å². The highest BCUT2D eigenvalue weighted by Crippen LogP contribution is 2.28. The molecule has 0 spiro atoms. The molecule has 1 N–H and O–H groups in total. The Kier molecular flexibility index (Phi) is 5.69. The summed E-state index contributed by atoms with van der Waals surface area (Å²) in [6.45, 7) is 8.54. The van der Waals surface area contributed by atoms with Gasteiger partial charge in [0.25, 0.3) is 0 Å². The molecule has 1 heterocycles. The van der Waals surface area contributed by atoms with E-state index in [0.717, 1.165) is 0 Å². The lowest BCUT2D eigenvalue weighted by atomic mass is 10.1. The maximum absolute atomic E-state index is 12.0. The summed E-state index contributed by atoms with van der Waals surface area (Å²) in [5.74, 6) is -0.853. The number of hydrogen-bond donors (Lipinski definition) is 1. The van der Waals surface area contributed by atoms with Crippen LogP contribution in [0.1, 0.15) is 60.6 Å². The summed E-state index contributed by atoms with van der Waals surface area (Å²) in [6, 6.07) is 0. The zero-order chi connectivity index (χ0) is 16.2. The fourth-order valence-corrected chi connectivity index (χ4v) is 2.00. The Morgan fingerprint density at radius 1 is 1.24 bits per heavy atom. The van der Waals surface area contributed by atoms with Crippen LogP contribution in [0.4, 0.5) is 5.88 Å². The highest BCUT2D eigenvalue weighted by Gasteiger charge is 2.28. The molecule has 0 aliphatic carbocycles. The van der Waals surface area contributed by atoms with Crippen molar-refractivity contribution < 1.29 is 23.5 Å². The first-order valence-corrected chi connectivity index (χ1v) is 6.89. The van der Waals surface area contributed by atoms with Gasteiger partial charge in [-0.25, -0.2) is 4.79 Å². The fourth-order valence-electron chi connectivity index (χ4n) is 2.00. The van der Waals surface area contributed by atoms with Crippen molar-refractivity contribution in [1.29, 1.82) is 0 Å². The van der Waals surface area contributed by atoms with Gasteiger partial charge in [-0.05, 0) is 26.7 Å². The number of carbonyl (C=O) groups excluding carboxylic acids is 3. The number of furan rings is 1. The number of carbonyl (C=O) groups is 3. The summed E-state index contributed by atoms with van der Waals surface area (Å²) in [7, 11) is 0. The Labute approximate surface area is 123 Å². The number of Topliss-reactive ketones (excluding diaryl/α,β-unsaturated/α-hetero) is 1. The van der Waals surface area contributed by atoms with Crippen LogP contribution in [-0.4, -0.2) is 24.3 Å². The number of esters is 1. The summed E-state index contributed by atoms with van der Waals surface area (Å²) in [6.07, 6.45) is 0.289. The third-order valence-corrected chi connectivity index (χ3v) is 2.76. The molecule has 21 heavy (non-hydrogen) atoms. The summed E-state index contributed by atoms with van der Waals surface area (Å²) >= 11 is 0. The molecule has 0 fully saturated rings. The zero-order valence-electron chi connectivity index (χ0n) is 13.0. The van der Waals surface area contributed by atoms with E-state index in [1.165, 1.54) is 6.92 Å². The largest absolute Gasteiger partial charge is 0.462 e. The van der Waals surface area contributed by atoms with Crippen LogP contribution in [0, 0.1) is 12.8 Å². The normalized spacial score (nSPS) is 10.6. The van der Waals surface area contributed by atoms with Crippen molar-refractivity contribution in [2.45, 2.75) is 41.0 Å². The number of ether oxygens (including phenoxy) is 1. The number of amides is 1. The standard InChI is InChI=1S/C15H21NO5/c1-6-20-15(19)13-12(9(4)17)10(5)21-14(13)16-11(18)7-8(2)3/h8H,6-7H2,1-5H3,(H,16,18). The van der Waals surface area contributed by atoms with Crippen LogP contribution >= 0.6 is 0 Å². The number of anilines is 1. The second-order valence-corrected chi connectivity index (χ2v) is 5.16. The Morgan fingerprint density at radius 2 is 1.86 bits per heavy atom. The molecule has 0 aliphatic rings. The molecule has 116 valence electrons. The molecule has 0 aliphatic heterocycles. The van der Waals surface area contributed by atoms with E-state index in [9.17, 15) is 14.4 Å². The van der Waals surface area contributed by atoms with Crippen LogP contribution in [0.15, 0.2) is 4.42 Å². The Bertz CT molecular complexity index is 557. The van der Waals surface area contributed by atoms with Gasteiger partial charge in [0.15, 0.2) is 5.78 Å². The SMILES string of the molecule is CCOC(=O)c1c(NC(=O)CC(C)C)oc(C)c1C(C)=O. The minimum atomic E-state index is -0.681. The molecule has 1 aromatic rings. The highest BCUT2D eigenvalue weighted by molar-refractivity contribution is 6.10. The van der Waals surface area contributed by atoms with Crippen molar-refractivity contribution in [2.75, 3.05) is 11.9 Å². The average molecular weight is 295 g/mol. The second-order valence-electron chi connectivity index (χ2n) is 5.16. The molecular formula is C15H21NO5. The van der Waals surface area contributed by atoms with Crippen LogP contribution in [0.25, 0.3) is 0 Å². The van der Waals surface area contributed by atoms with Crippen LogP contribution in [-0.2, 0) is 9.53 Å². The highest BCUT2D eigenvalue weighted by atomic mass is 16.5. The van der Waals surface area contributed by atoms with E-state index < -0.39 is 5.97 Å². The molecule has 0 saturated heterocycles. The van der Waals surface area contributed by atoms with Crippen molar-refractivity contribution in [3.05, 3.63) is 16.9 Å². The van der Waals surface area contributed by atoms with E-state index in [2.05, 4.69) is 5.32 Å². The van der Waals surface area contributed by atoms with Crippen molar-refractivity contribution in [3.63, 3.8) is 0 Å². The lowest BCUT2D eigenvalue weighted by Gasteiger charge is -2.07. The predicted molar refractivity (Wildman–Crippen MR) is 77.5 cm³/mol. The summed E-state index contributed by atoms with van der Waals surface area (Å²) in [5.41, 5.74) is 0.132. The first-order valence-electron chi connectivity index (χ1n) is 6.89. The van der Waals surface area contributed by atoms with Crippen molar-refractivity contribution in [3.8, 4) is 0 Å². The fraction of sp³-hybridized carbons (Fsp3) is 0.533. The summed E-state index contributed by atoms with van der Waals surface area (Å²) in [4.78, 5) is 35.6. The number of ketones is 1. The van der Waals surface area contributed by atoms with Crippen LogP contribution in [0.5, 0.6) is 0 Å². The molecule has 1 rings (SSSR count). The maximum atomic E-state index is 12.0. The first kappa shape index (κ1) is 16.9. The monoisotopic (exact) mass is 295 g/mol. The number of aryl methyl sites for hydroxylation is 1. The van der Waals surface area contributed by atoms with Gasteiger partial charge >= 0.3 is 5.97 Å². The van der Waals surface area contributed by atoms with Gasteiger partial charge in [-0.15, -0.1) is 0 Å². The Morgan fingerprint density at radius 3 is 2.33 bits per heavy atom. The van der Waals surface area contributed by atoms with Crippen LogP contribution in [0.2, 0.25) is 0 Å². The Balaban J connectivity index is 3.19. The first-order chi connectivity index (χ1) is 9.77. The number of hydrogen-bond acceptors (Lipinski definition) is 5. The predicted octanol–water partition coefficient (Wildman–Crippen LogP) is 2.95. The van der Waals surface area contributed by atoms with Crippen molar-refractivity contribution >= 4 is 23.5 Å². The summed E-state index contributed by atoms with van der Waals surface area (Å²) < 4.78 is 10.3. The lowest BCUT2D eigenvalue weighted by Crippen LogP contribution is -2.17. The van der Waals surface area contributed by atoms with Gasteiger partial charge in [0, 0.05) is 6.42 Å². The maximum Gasteiger partial charge on any atom is 0.344 e. The van der Waals surface area contributed by atoms with Gasteiger partial charge in [-0.3, -0.25) is 14.9 Å². The molecule has 1 amide bonds. The topological polar surface area (TPSA) is 85.6 Å². The van der Waals surface area contributed by atoms with E-state index in [0.29, 0.717) is 0 Å². The smallest absolute Gasteiger partial charge is 0.344 e. The molecule has 0 saturated carbocycles. The molecule has 0 unspecified atom stereocenters. The molecule has 0 radical (unpaired) electrons. The molecule has 1 aromatic heterocycles. The quantitative estimate of drug-likeness (QED) is 0.644. The average Bonchev–Trinajstić information content (AvgIpc) is 2.64. The lowest BCUT2D eigenvalue weighted by molar-refractivity contribution is -0.116. The van der Waals surface area contributed by atoms with E-state index in [1.807, 2.05) is 13.8 Å². The van der Waals surface area contributed by atoms with Gasteiger partial charge in [-0.1, -0.05) is 13.8 Å². The minimum Gasteiger partial charge on any atom is -0.462 e. The third-order valence-electron chi connectivity index (χ3n) is 2.76. The van der Waals surface area contributed by atoms with E-state index >= 15 is 0 Å².